The van der Waals surface area contributed by atoms with Crippen molar-refractivity contribution < 1.29 is 40.7 Å². The van der Waals surface area contributed by atoms with Gasteiger partial charge in [0.15, 0.2) is 5.12 Å². The zero-order valence-electron chi connectivity index (χ0n) is 20.6. The van der Waals surface area contributed by atoms with Crippen LogP contribution in [0.3, 0.4) is 0 Å². The summed E-state index contributed by atoms with van der Waals surface area (Å²) in [5, 5.41) is 17.8. The van der Waals surface area contributed by atoms with Crippen LogP contribution in [0.15, 0.2) is 12.4 Å². The van der Waals surface area contributed by atoms with Gasteiger partial charge in [0, 0.05) is 41.5 Å². The Hall–Kier alpha value is -1.38. The van der Waals surface area contributed by atoms with Crippen molar-refractivity contribution in [2.45, 2.75) is 45.0 Å². The standard InChI is InChI=1S/C9H11ClF3N3OS.C8H10ClN3O2S.C3H4F3I/c10-8-6(5-14-16-8)15-7(17)1-3-18-4-2-9(11,12)13;1-5(13)15-3-2-7(14)11-6-4-10-12-8(6)9;4-3(5,6)1-2-7/h5H,1-4H2,(H,14,16)(H,15,17);4H,2-3H2,1H3,(H,10,12)(H,11,14);1-2H2. The van der Waals surface area contributed by atoms with E-state index in [1.54, 1.807) is 22.6 Å². The van der Waals surface area contributed by atoms with Gasteiger partial charge in [-0.25, -0.2) is 0 Å². The minimum atomic E-state index is -4.14. The number of aromatic nitrogens is 4. The Morgan fingerprint density at radius 2 is 1.30 bits per heavy atom. The van der Waals surface area contributed by atoms with Crippen LogP contribution in [0.2, 0.25) is 10.3 Å². The molecule has 2 rings (SSSR count). The third kappa shape index (κ3) is 22.3. The second-order valence-corrected chi connectivity index (χ2v) is 11.5. The highest BCUT2D eigenvalue weighted by molar-refractivity contribution is 14.1. The molecule has 0 saturated heterocycles. The maximum Gasteiger partial charge on any atom is 0.389 e. The van der Waals surface area contributed by atoms with Crippen molar-refractivity contribution in [3.05, 3.63) is 22.7 Å². The van der Waals surface area contributed by atoms with Crippen molar-refractivity contribution in [2.75, 3.05) is 32.3 Å². The molecule has 0 aromatic carbocycles. The average Bonchev–Trinajstić information content (AvgIpc) is 3.40. The van der Waals surface area contributed by atoms with E-state index in [9.17, 15) is 40.7 Å². The van der Waals surface area contributed by atoms with Gasteiger partial charge in [-0.15, -0.1) is 0 Å². The summed E-state index contributed by atoms with van der Waals surface area (Å²) in [4.78, 5) is 33.3. The Morgan fingerprint density at radius 1 is 0.850 bits per heavy atom. The summed E-state index contributed by atoms with van der Waals surface area (Å²) >= 11 is 15.2. The van der Waals surface area contributed by atoms with Crippen LogP contribution in [0.5, 0.6) is 0 Å². The number of nitrogens with one attached hydrogen (secondary N) is 4. The summed E-state index contributed by atoms with van der Waals surface area (Å²) < 4.78 is 68.8. The molecule has 40 heavy (non-hydrogen) atoms. The van der Waals surface area contributed by atoms with E-state index in [2.05, 4.69) is 31.0 Å². The van der Waals surface area contributed by atoms with Gasteiger partial charge in [0.05, 0.1) is 36.6 Å². The summed E-state index contributed by atoms with van der Waals surface area (Å²) in [6.07, 6.45) is -6.42. The molecule has 0 radical (unpaired) electrons. The predicted octanol–water partition coefficient (Wildman–Crippen LogP) is 7.12. The van der Waals surface area contributed by atoms with E-state index < -0.39 is 25.2 Å². The Kier molecular flexibility index (Phi) is 19.8. The molecule has 0 aliphatic rings. The molecule has 9 nitrogen and oxygen atoms in total. The first-order valence-electron chi connectivity index (χ1n) is 10.9. The van der Waals surface area contributed by atoms with Crippen LogP contribution < -0.4 is 10.6 Å². The molecule has 0 aliphatic carbocycles. The molecule has 20 heteroatoms. The number of hydrogen-bond donors (Lipinski definition) is 4. The van der Waals surface area contributed by atoms with E-state index in [-0.39, 0.29) is 45.1 Å². The molecule has 2 amide bonds. The van der Waals surface area contributed by atoms with Crippen LogP contribution in [0, 0.1) is 0 Å². The summed E-state index contributed by atoms with van der Waals surface area (Å²) in [5.41, 5.74) is 0.816. The van der Waals surface area contributed by atoms with E-state index in [4.69, 9.17) is 23.2 Å². The summed E-state index contributed by atoms with van der Waals surface area (Å²) in [6, 6.07) is 0. The monoisotopic (exact) mass is 772 g/mol. The van der Waals surface area contributed by atoms with E-state index in [0.29, 0.717) is 28.0 Å². The zero-order valence-corrected chi connectivity index (χ0v) is 26.0. The highest BCUT2D eigenvalue weighted by atomic mass is 127. The number of aromatic amines is 2. The molecule has 2 heterocycles. The lowest BCUT2D eigenvalue weighted by Gasteiger charge is -2.05. The number of alkyl halides is 7. The number of thioether (sulfide) groups is 2. The Labute approximate surface area is 257 Å². The van der Waals surface area contributed by atoms with Crippen molar-refractivity contribution in [2.24, 2.45) is 0 Å². The summed E-state index contributed by atoms with van der Waals surface area (Å²) in [5.74, 6) is 0.266. The third-order valence-electron chi connectivity index (χ3n) is 3.75. The largest absolute Gasteiger partial charge is 0.389 e. The van der Waals surface area contributed by atoms with Gasteiger partial charge in [0.1, 0.15) is 10.3 Å². The number of halogens is 9. The Bertz CT molecular complexity index is 1040. The smallest absolute Gasteiger partial charge is 0.322 e. The number of carbonyl (C=O) groups excluding carboxylic acids is 3. The second kappa shape index (κ2) is 20.5. The molecule has 0 atom stereocenters. The van der Waals surface area contributed by atoms with Crippen LogP contribution >= 0.6 is 69.3 Å². The van der Waals surface area contributed by atoms with Crippen molar-refractivity contribution in [3.8, 4) is 0 Å². The van der Waals surface area contributed by atoms with Crippen molar-refractivity contribution in [1.82, 2.24) is 20.4 Å². The highest BCUT2D eigenvalue weighted by Crippen LogP contribution is 2.23. The normalized spacial score (nSPS) is 11.1. The van der Waals surface area contributed by atoms with E-state index in [0.717, 1.165) is 23.5 Å². The van der Waals surface area contributed by atoms with Crippen LogP contribution in [-0.2, 0) is 14.4 Å². The molecule has 2 aromatic rings. The first kappa shape index (κ1) is 38.6. The molecule has 0 unspecified atom stereocenters. The quantitative estimate of drug-likeness (QED) is 0.0828. The van der Waals surface area contributed by atoms with Gasteiger partial charge in [-0.1, -0.05) is 57.6 Å². The van der Waals surface area contributed by atoms with Crippen LogP contribution in [-0.4, -0.2) is 71.4 Å². The fraction of sp³-hybridized carbons (Fsp3) is 0.550. The number of hydrogen-bond acceptors (Lipinski definition) is 7. The van der Waals surface area contributed by atoms with Crippen LogP contribution in [0.1, 0.15) is 32.6 Å². The molecule has 0 fully saturated rings. The number of nitrogens with zero attached hydrogens (tertiary/aromatic N) is 2. The summed E-state index contributed by atoms with van der Waals surface area (Å²) in [6.45, 7) is 1.47. The maximum absolute atomic E-state index is 11.8. The molecule has 0 bridgehead atoms. The average molecular weight is 773 g/mol. The van der Waals surface area contributed by atoms with Gasteiger partial charge in [-0.3, -0.25) is 24.6 Å². The van der Waals surface area contributed by atoms with Crippen LogP contribution in [0.4, 0.5) is 37.7 Å². The van der Waals surface area contributed by atoms with E-state index >= 15 is 0 Å². The van der Waals surface area contributed by atoms with E-state index in [1.807, 2.05) is 0 Å². The molecule has 228 valence electrons. The lowest BCUT2D eigenvalue weighted by atomic mass is 10.4. The fourth-order valence-corrected chi connectivity index (χ4v) is 4.38. The Morgan fingerprint density at radius 3 is 1.62 bits per heavy atom. The predicted molar refractivity (Wildman–Crippen MR) is 154 cm³/mol. The van der Waals surface area contributed by atoms with Gasteiger partial charge in [-0.05, 0) is 0 Å². The number of H-pyrrole nitrogens is 2. The summed E-state index contributed by atoms with van der Waals surface area (Å²) in [7, 11) is 0. The third-order valence-corrected chi connectivity index (χ3v) is 6.67. The minimum Gasteiger partial charge on any atom is -0.322 e. The number of carbonyl (C=O) groups is 3. The minimum absolute atomic E-state index is 0.00384. The SMILES string of the molecule is CC(=O)SCCC(=O)Nc1cn[nH]c1Cl.FC(F)(F)CCI.O=C(CCSCCC(F)(F)F)Nc1cn[nH]c1Cl. The first-order chi connectivity index (χ1) is 18.5. The van der Waals surface area contributed by atoms with E-state index in [1.165, 1.54) is 19.3 Å². The number of anilines is 2. The first-order valence-corrected chi connectivity index (χ1v) is 15.3. The molecular formula is C20H25Cl2F6IN6O3S2. The molecule has 0 aliphatic heterocycles. The molecular weight excluding hydrogens is 748 g/mol. The van der Waals surface area contributed by atoms with Crippen LogP contribution in [0.25, 0.3) is 0 Å². The lowest BCUT2D eigenvalue weighted by molar-refractivity contribution is -0.130. The second-order valence-electron chi connectivity index (χ2n) is 7.16. The van der Waals surface area contributed by atoms with Gasteiger partial charge < -0.3 is 10.6 Å². The van der Waals surface area contributed by atoms with Crippen molar-refractivity contribution in [3.63, 3.8) is 0 Å². The fourth-order valence-electron chi connectivity index (χ4n) is 1.99. The van der Waals surface area contributed by atoms with Gasteiger partial charge in [0.25, 0.3) is 0 Å². The van der Waals surface area contributed by atoms with Crippen molar-refractivity contribution in [1.29, 1.82) is 0 Å². The Balaban J connectivity index is 0.000000624. The van der Waals surface area contributed by atoms with Gasteiger partial charge in [0.2, 0.25) is 11.8 Å². The molecule has 4 N–H and O–H groups in total. The maximum atomic E-state index is 11.8. The molecule has 2 aromatic heterocycles. The lowest BCUT2D eigenvalue weighted by Crippen LogP contribution is -2.13. The number of rotatable bonds is 11. The number of amides is 2. The zero-order chi connectivity index (χ0) is 30.8. The molecule has 0 saturated carbocycles. The van der Waals surface area contributed by atoms with Gasteiger partial charge >= 0.3 is 12.4 Å². The van der Waals surface area contributed by atoms with Gasteiger partial charge in [-0.2, -0.15) is 48.3 Å². The molecule has 0 spiro atoms. The van der Waals surface area contributed by atoms with Crippen molar-refractivity contribution >= 4 is 97.6 Å². The highest BCUT2D eigenvalue weighted by Gasteiger charge is 2.26. The topological polar surface area (TPSA) is 133 Å².